The number of ether oxygens (including phenoxy) is 1. The van der Waals surface area contributed by atoms with Gasteiger partial charge in [0.05, 0.1) is 6.54 Å². The molecule has 0 bridgehead atoms. The number of unbranched alkanes of at least 4 members (excludes halogenated alkanes) is 1. The quantitative estimate of drug-likeness (QED) is 0.739. The van der Waals surface area contributed by atoms with Crippen molar-refractivity contribution < 1.29 is 9.53 Å². The molecule has 1 unspecified atom stereocenters. The van der Waals surface area contributed by atoms with Crippen molar-refractivity contribution in [2.45, 2.75) is 84.7 Å². The largest absolute Gasteiger partial charge is 0.472 e. The van der Waals surface area contributed by atoms with Crippen LogP contribution in [0.3, 0.4) is 0 Å². The van der Waals surface area contributed by atoms with Gasteiger partial charge >= 0.3 is 0 Å². The summed E-state index contributed by atoms with van der Waals surface area (Å²) in [5, 5.41) is 0. The zero-order valence-corrected chi connectivity index (χ0v) is 17.2. The van der Waals surface area contributed by atoms with Gasteiger partial charge in [0.25, 0.3) is 0 Å². The first kappa shape index (κ1) is 20.1. The van der Waals surface area contributed by atoms with Crippen LogP contribution >= 0.6 is 0 Å². The number of hydrogen-bond donors (Lipinski definition) is 0. The third kappa shape index (κ3) is 5.66. The van der Waals surface area contributed by atoms with Gasteiger partial charge in [-0.25, -0.2) is 4.98 Å². The van der Waals surface area contributed by atoms with Crippen LogP contribution in [0, 0.1) is 25.7 Å². The van der Waals surface area contributed by atoms with E-state index in [4.69, 9.17) is 4.74 Å². The van der Waals surface area contributed by atoms with E-state index in [2.05, 4.69) is 16.9 Å². The minimum Gasteiger partial charge on any atom is -0.472 e. The fraction of sp³-hybridized carbons (Fsp3) is 0.773. The van der Waals surface area contributed by atoms with E-state index in [0.717, 1.165) is 49.7 Å². The van der Waals surface area contributed by atoms with E-state index in [1.807, 2.05) is 24.8 Å². The Morgan fingerprint density at radius 3 is 2.67 bits per heavy atom. The normalized spacial score (nSPS) is 26.0. The lowest BCUT2D eigenvalue weighted by Crippen LogP contribution is -2.47. The Morgan fingerprint density at radius 1 is 1.19 bits per heavy atom. The van der Waals surface area contributed by atoms with Crippen LogP contribution in [-0.4, -0.2) is 40.0 Å². The van der Waals surface area contributed by atoms with E-state index in [1.165, 1.54) is 32.1 Å². The summed E-state index contributed by atoms with van der Waals surface area (Å²) in [7, 11) is 0. The molecular formula is C22H35N3O2. The number of rotatable bonds is 6. The molecule has 2 aliphatic rings. The lowest BCUT2D eigenvalue weighted by atomic mass is 9.79. The fourth-order valence-corrected chi connectivity index (χ4v) is 4.60. The predicted molar refractivity (Wildman–Crippen MR) is 107 cm³/mol. The minimum atomic E-state index is 0.0392. The van der Waals surface area contributed by atoms with Crippen LogP contribution in [0.4, 0.5) is 0 Å². The number of nitrogens with zero attached hydrogens (tertiary/aromatic N) is 3. The van der Waals surface area contributed by atoms with Gasteiger partial charge in [-0.2, -0.15) is 4.98 Å². The Balaban J connectivity index is 1.51. The maximum absolute atomic E-state index is 13.0. The number of aromatic nitrogens is 2. The first-order valence-corrected chi connectivity index (χ1v) is 10.8. The Kier molecular flexibility index (Phi) is 7.08. The molecule has 1 saturated carbocycles. The molecule has 2 fully saturated rings. The molecule has 1 aromatic rings. The predicted octanol–water partition coefficient (Wildman–Crippen LogP) is 4.46. The Labute approximate surface area is 163 Å². The molecule has 1 aliphatic carbocycles. The Hall–Kier alpha value is -1.65. The highest BCUT2D eigenvalue weighted by Crippen LogP contribution is 2.33. The van der Waals surface area contributed by atoms with Crippen molar-refractivity contribution in [1.82, 2.24) is 14.9 Å². The summed E-state index contributed by atoms with van der Waals surface area (Å²) in [5.41, 5.74) is 0.918. The van der Waals surface area contributed by atoms with Crippen LogP contribution in [0.5, 0.6) is 5.88 Å². The summed E-state index contributed by atoms with van der Waals surface area (Å²) in [4.78, 5) is 23.8. The number of amides is 1. The van der Waals surface area contributed by atoms with Crippen LogP contribution in [0.15, 0.2) is 6.07 Å². The van der Waals surface area contributed by atoms with Gasteiger partial charge in [-0.05, 0) is 58.3 Å². The van der Waals surface area contributed by atoms with Gasteiger partial charge in [-0.1, -0.05) is 26.2 Å². The maximum Gasteiger partial charge on any atom is 0.225 e. The summed E-state index contributed by atoms with van der Waals surface area (Å²) < 4.78 is 6.10. The molecule has 150 valence electrons. The summed E-state index contributed by atoms with van der Waals surface area (Å²) in [6.07, 6.45) is 10.6. The van der Waals surface area contributed by atoms with Gasteiger partial charge < -0.3 is 9.64 Å². The molecule has 0 spiro atoms. The van der Waals surface area contributed by atoms with E-state index in [-0.39, 0.29) is 12.0 Å². The summed E-state index contributed by atoms with van der Waals surface area (Å²) in [6.45, 7) is 7.66. The number of aryl methyl sites for hydroxylation is 2. The second-order valence-corrected chi connectivity index (χ2v) is 8.42. The molecule has 1 atom stereocenters. The van der Waals surface area contributed by atoms with E-state index >= 15 is 0 Å². The summed E-state index contributed by atoms with van der Waals surface area (Å²) in [6, 6.07) is 1.88. The van der Waals surface area contributed by atoms with Crippen molar-refractivity contribution in [3.05, 3.63) is 17.6 Å². The smallest absolute Gasteiger partial charge is 0.225 e. The first-order chi connectivity index (χ1) is 13.0. The molecule has 0 radical (unpaired) electrons. The van der Waals surface area contributed by atoms with Crippen molar-refractivity contribution in [3.63, 3.8) is 0 Å². The molecule has 0 N–H and O–H groups in total. The molecule has 1 aliphatic heterocycles. The first-order valence-electron chi connectivity index (χ1n) is 10.8. The van der Waals surface area contributed by atoms with E-state index in [9.17, 15) is 4.79 Å². The zero-order valence-electron chi connectivity index (χ0n) is 17.2. The highest BCUT2D eigenvalue weighted by Gasteiger charge is 2.32. The molecule has 5 heteroatoms. The van der Waals surface area contributed by atoms with Gasteiger partial charge in [-0.3, -0.25) is 4.79 Å². The molecule has 27 heavy (non-hydrogen) atoms. The van der Waals surface area contributed by atoms with Crippen LogP contribution in [0.1, 0.15) is 76.2 Å². The Bertz CT molecular complexity index is 606. The SMILES string of the molecule is CCCCC1CCC(C(=O)N2CCCC(Oc3cc(C)nc(C)n3)C2)CC1. The summed E-state index contributed by atoms with van der Waals surface area (Å²) in [5.74, 6) is 2.79. The molecule has 2 heterocycles. The number of hydrogen-bond acceptors (Lipinski definition) is 4. The average molecular weight is 374 g/mol. The van der Waals surface area contributed by atoms with Crippen LogP contribution in [0.2, 0.25) is 0 Å². The Morgan fingerprint density at radius 2 is 1.96 bits per heavy atom. The molecular weight excluding hydrogens is 338 g/mol. The van der Waals surface area contributed by atoms with Gasteiger partial charge in [0, 0.05) is 24.2 Å². The van der Waals surface area contributed by atoms with Gasteiger partial charge in [0.2, 0.25) is 11.8 Å². The summed E-state index contributed by atoms with van der Waals surface area (Å²) >= 11 is 0. The molecule has 3 rings (SSSR count). The second-order valence-electron chi connectivity index (χ2n) is 8.42. The van der Waals surface area contributed by atoms with Crippen molar-refractivity contribution in [3.8, 4) is 5.88 Å². The van der Waals surface area contributed by atoms with E-state index < -0.39 is 0 Å². The van der Waals surface area contributed by atoms with Crippen molar-refractivity contribution in [2.24, 2.45) is 11.8 Å². The number of likely N-dealkylation sites (tertiary alicyclic amines) is 1. The van der Waals surface area contributed by atoms with Crippen LogP contribution < -0.4 is 4.74 Å². The van der Waals surface area contributed by atoms with Gasteiger partial charge in [0.15, 0.2) is 0 Å². The number of carbonyl (C=O) groups is 1. The highest BCUT2D eigenvalue weighted by atomic mass is 16.5. The number of carbonyl (C=O) groups excluding carboxylic acids is 1. The van der Waals surface area contributed by atoms with Gasteiger partial charge in [0.1, 0.15) is 11.9 Å². The average Bonchev–Trinajstić information content (AvgIpc) is 2.65. The van der Waals surface area contributed by atoms with E-state index in [1.54, 1.807) is 0 Å². The maximum atomic E-state index is 13.0. The van der Waals surface area contributed by atoms with Crippen LogP contribution in [-0.2, 0) is 4.79 Å². The zero-order chi connectivity index (χ0) is 19.2. The minimum absolute atomic E-state index is 0.0392. The fourth-order valence-electron chi connectivity index (χ4n) is 4.60. The molecule has 1 saturated heterocycles. The molecule has 0 aromatic carbocycles. The monoisotopic (exact) mass is 373 g/mol. The lowest BCUT2D eigenvalue weighted by Gasteiger charge is -2.36. The number of piperidine rings is 1. The highest BCUT2D eigenvalue weighted by molar-refractivity contribution is 5.79. The van der Waals surface area contributed by atoms with Crippen LogP contribution in [0.25, 0.3) is 0 Å². The van der Waals surface area contributed by atoms with Crippen molar-refractivity contribution >= 4 is 5.91 Å². The lowest BCUT2D eigenvalue weighted by molar-refractivity contribution is -0.139. The second kappa shape index (κ2) is 9.52. The third-order valence-corrected chi connectivity index (χ3v) is 6.08. The molecule has 1 aromatic heterocycles. The van der Waals surface area contributed by atoms with Crippen molar-refractivity contribution in [1.29, 1.82) is 0 Å². The third-order valence-electron chi connectivity index (χ3n) is 6.08. The van der Waals surface area contributed by atoms with Crippen molar-refractivity contribution in [2.75, 3.05) is 13.1 Å². The molecule has 1 amide bonds. The van der Waals surface area contributed by atoms with E-state index in [0.29, 0.717) is 18.3 Å². The molecule has 5 nitrogen and oxygen atoms in total. The van der Waals surface area contributed by atoms with Gasteiger partial charge in [-0.15, -0.1) is 0 Å². The topological polar surface area (TPSA) is 55.3 Å². The standard InChI is InChI=1S/C22H35N3O2/c1-4-5-7-18-9-11-19(12-10-18)22(26)25-13-6-8-20(15-25)27-21-14-16(2)23-17(3)24-21/h14,18-20H,4-13,15H2,1-3H3.